The lowest BCUT2D eigenvalue weighted by Crippen LogP contribution is -2.26. The molecule has 0 saturated carbocycles. The Morgan fingerprint density at radius 1 is 1.47 bits per heavy atom. The number of aromatic nitrogens is 1. The van der Waals surface area contributed by atoms with Crippen molar-refractivity contribution in [3.8, 4) is 5.88 Å². The lowest BCUT2D eigenvalue weighted by atomic mass is 10.1. The third-order valence-electron chi connectivity index (χ3n) is 2.85. The summed E-state index contributed by atoms with van der Waals surface area (Å²) in [4.78, 5) is 3.82. The van der Waals surface area contributed by atoms with Crippen LogP contribution in [0.5, 0.6) is 5.88 Å². The zero-order valence-corrected chi connectivity index (χ0v) is 10.4. The summed E-state index contributed by atoms with van der Waals surface area (Å²) in [6, 6.07) is 3.25. The van der Waals surface area contributed by atoms with Crippen LogP contribution in [-0.2, 0) is 4.74 Å². The van der Waals surface area contributed by atoms with E-state index in [1.807, 2.05) is 6.92 Å². The van der Waals surface area contributed by atoms with Gasteiger partial charge in [-0.05, 0) is 19.4 Å². The van der Waals surface area contributed by atoms with Crippen LogP contribution in [0.4, 0.5) is 18.9 Å². The smallest absolute Gasteiger partial charge is 0.422 e. The third-order valence-corrected chi connectivity index (χ3v) is 2.85. The Balaban J connectivity index is 1.87. The number of nitrogens with one attached hydrogen (secondary N) is 1. The van der Waals surface area contributed by atoms with Crippen LogP contribution in [0.2, 0.25) is 0 Å². The molecule has 19 heavy (non-hydrogen) atoms. The van der Waals surface area contributed by atoms with E-state index in [4.69, 9.17) is 4.74 Å². The average Bonchev–Trinajstić information content (AvgIpc) is 2.73. The van der Waals surface area contributed by atoms with Crippen LogP contribution in [0.15, 0.2) is 18.3 Å². The Morgan fingerprint density at radius 2 is 2.26 bits per heavy atom. The second-order valence-electron chi connectivity index (χ2n) is 4.40. The topological polar surface area (TPSA) is 43.4 Å². The van der Waals surface area contributed by atoms with Crippen molar-refractivity contribution in [3.63, 3.8) is 0 Å². The van der Waals surface area contributed by atoms with Gasteiger partial charge in [-0.25, -0.2) is 4.98 Å². The molecule has 1 N–H and O–H groups in total. The molecule has 1 fully saturated rings. The summed E-state index contributed by atoms with van der Waals surface area (Å²) in [5.74, 6) is -0.0430. The summed E-state index contributed by atoms with van der Waals surface area (Å²) in [6.45, 7) is 1.35. The molecule has 4 nitrogen and oxygen atoms in total. The van der Waals surface area contributed by atoms with Gasteiger partial charge in [-0.1, -0.05) is 0 Å². The van der Waals surface area contributed by atoms with E-state index < -0.39 is 12.8 Å². The van der Waals surface area contributed by atoms with E-state index in [-0.39, 0.29) is 18.0 Å². The van der Waals surface area contributed by atoms with Gasteiger partial charge in [0, 0.05) is 12.7 Å². The SMILES string of the molecule is CC1OCCC1Nc1ccc(OCC(F)(F)F)nc1. The molecule has 2 unspecified atom stereocenters. The summed E-state index contributed by atoms with van der Waals surface area (Å²) in [5, 5.41) is 3.22. The number of hydrogen-bond acceptors (Lipinski definition) is 4. The molecule has 1 aliphatic rings. The van der Waals surface area contributed by atoms with Crippen LogP contribution in [0.1, 0.15) is 13.3 Å². The first-order valence-electron chi connectivity index (χ1n) is 5.98. The third kappa shape index (κ3) is 4.27. The molecule has 7 heteroatoms. The van der Waals surface area contributed by atoms with Crippen molar-refractivity contribution < 1.29 is 22.6 Å². The molecule has 1 aromatic rings. The highest BCUT2D eigenvalue weighted by atomic mass is 19.4. The second kappa shape index (κ2) is 5.64. The van der Waals surface area contributed by atoms with Crippen molar-refractivity contribution in [2.75, 3.05) is 18.5 Å². The van der Waals surface area contributed by atoms with Gasteiger partial charge in [0.05, 0.1) is 24.0 Å². The highest BCUT2D eigenvalue weighted by Crippen LogP contribution is 2.21. The van der Waals surface area contributed by atoms with E-state index in [0.717, 1.165) is 12.1 Å². The predicted octanol–water partition coefficient (Wildman–Crippen LogP) is 2.61. The van der Waals surface area contributed by atoms with Gasteiger partial charge in [-0.3, -0.25) is 0 Å². The molecule has 0 aliphatic carbocycles. The molecule has 0 radical (unpaired) electrons. The van der Waals surface area contributed by atoms with Gasteiger partial charge in [0.1, 0.15) is 0 Å². The quantitative estimate of drug-likeness (QED) is 0.918. The molecular weight excluding hydrogens is 261 g/mol. The second-order valence-corrected chi connectivity index (χ2v) is 4.40. The minimum atomic E-state index is -4.35. The van der Waals surface area contributed by atoms with Gasteiger partial charge < -0.3 is 14.8 Å². The summed E-state index contributed by atoms with van der Waals surface area (Å²) in [6.07, 6.45) is -1.89. The number of anilines is 1. The molecular formula is C12H15F3N2O2. The Morgan fingerprint density at radius 3 is 2.79 bits per heavy atom. The van der Waals surface area contributed by atoms with Gasteiger partial charge in [-0.2, -0.15) is 13.2 Å². The Kier molecular flexibility index (Phi) is 4.14. The minimum Gasteiger partial charge on any atom is -0.468 e. The molecule has 0 amide bonds. The maximum Gasteiger partial charge on any atom is 0.422 e. The van der Waals surface area contributed by atoms with Crippen molar-refractivity contribution in [2.24, 2.45) is 0 Å². The van der Waals surface area contributed by atoms with E-state index in [1.54, 1.807) is 6.07 Å². The molecule has 1 aromatic heterocycles. The lowest BCUT2D eigenvalue weighted by molar-refractivity contribution is -0.154. The molecule has 2 rings (SSSR count). The number of alkyl halides is 3. The van der Waals surface area contributed by atoms with E-state index in [0.29, 0.717) is 6.61 Å². The van der Waals surface area contributed by atoms with E-state index >= 15 is 0 Å². The number of halogens is 3. The molecule has 2 atom stereocenters. The first-order chi connectivity index (χ1) is 8.94. The summed E-state index contributed by atoms with van der Waals surface area (Å²) >= 11 is 0. The van der Waals surface area contributed by atoms with E-state index in [2.05, 4.69) is 15.0 Å². The van der Waals surface area contributed by atoms with Gasteiger partial charge >= 0.3 is 6.18 Å². The van der Waals surface area contributed by atoms with Gasteiger partial charge in [0.2, 0.25) is 5.88 Å². The highest BCUT2D eigenvalue weighted by Gasteiger charge is 2.28. The van der Waals surface area contributed by atoms with Crippen molar-refractivity contribution in [1.29, 1.82) is 0 Å². The van der Waals surface area contributed by atoms with Crippen molar-refractivity contribution in [3.05, 3.63) is 18.3 Å². The molecule has 1 aliphatic heterocycles. The van der Waals surface area contributed by atoms with Crippen molar-refractivity contribution >= 4 is 5.69 Å². The highest BCUT2D eigenvalue weighted by molar-refractivity contribution is 5.43. The predicted molar refractivity (Wildman–Crippen MR) is 63.2 cm³/mol. The summed E-state index contributed by atoms with van der Waals surface area (Å²) < 4.78 is 45.8. The van der Waals surface area contributed by atoms with Crippen molar-refractivity contribution in [2.45, 2.75) is 31.7 Å². The number of rotatable bonds is 4. The molecule has 1 saturated heterocycles. The Labute approximate surface area is 108 Å². The Hall–Kier alpha value is -1.50. The first kappa shape index (κ1) is 13.9. The van der Waals surface area contributed by atoms with Crippen LogP contribution in [0.25, 0.3) is 0 Å². The first-order valence-corrected chi connectivity index (χ1v) is 5.98. The maximum atomic E-state index is 12.0. The van der Waals surface area contributed by atoms with Crippen LogP contribution in [-0.4, -0.2) is 36.5 Å². The fourth-order valence-electron chi connectivity index (χ4n) is 1.84. The summed E-state index contributed by atoms with van der Waals surface area (Å²) in [5.41, 5.74) is 0.738. The van der Waals surface area contributed by atoms with Gasteiger partial charge in [0.15, 0.2) is 6.61 Å². The standard InChI is InChI=1S/C12H15F3N2O2/c1-8-10(4-5-18-8)17-9-2-3-11(16-6-9)19-7-12(13,14)15/h2-3,6,8,10,17H,4-5,7H2,1H3. The molecule has 0 spiro atoms. The average molecular weight is 276 g/mol. The molecule has 106 valence electrons. The minimum absolute atomic E-state index is 0.0430. The van der Waals surface area contributed by atoms with E-state index in [9.17, 15) is 13.2 Å². The number of nitrogens with zero attached hydrogens (tertiary/aromatic N) is 1. The van der Waals surface area contributed by atoms with Crippen LogP contribution in [0.3, 0.4) is 0 Å². The number of ether oxygens (including phenoxy) is 2. The van der Waals surface area contributed by atoms with Gasteiger partial charge in [0.25, 0.3) is 0 Å². The van der Waals surface area contributed by atoms with Crippen molar-refractivity contribution in [1.82, 2.24) is 4.98 Å². The maximum absolute atomic E-state index is 12.0. The number of pyridine rings is 1. The van der Waals surface area contributed by atoms with Crippen LogP contribution < -0.4 is 10.1 Å². The van der Waals surface area contributed by atoms with Crippen LogP contribution in [0, 0.1) is 0 Å². The Bertz CT molecular complexity index is 408. The zero-order chi connectivity index (χ0) is 13.9. The van der Waals surface area contributed by atoms with Crippen LogP contribution >= 0.6 is 0 Å². The van der Waals surface area contributed by atoms with Gasteiger partial charge in [-0.15, -0.1) is 0 Å². The lowest BCUT2D eigenvalue weighted by Gasteiger charge is -2.17. The molecule has 0 aromatic carbocycles. The fourth-order valence-corrected chi connectivity index (χ4v) is 1.84. The number of hydrogen-bond donors (Lipinski definition) is 1. The molecule has 0 bridgehead atoms. The summed E-state index contributed by atoms with van der Waals surface area (Å²) in [7, 11) is 0. The largest absolute Gasteiger partial charge is 0.468 e. The van der Waals surface area contributed by atoms with E-state index in [1.165, 1.54) is 12.3 Å². The zero-order valence-electron chi connectivity index (χ0n) is 10.4. The fraction of sp³-hybridized carbons (Fsp3) is 0.583. The monoisotopic (exact) mass is 276 g/mol. The normalized spacial score (nSPS) is 23.4. The molecule has 2 heterocycles.